The Labute approximate surface area is 186 Å². The lowest BCUT2D eigenvalue weighted by molar-refractivity contribution is -0.142. The van der Waals surface area contributed by atoms with Crippen LogP contribution in [0.2, 0.25) is 10.0 Å². The summed E-state index contributed by atoms with van der Waals surface area (Å²) in [6.07, 6.45) is 2.20. The highest BCUT2D eigenvalue weighted by molar-refractivity contribution is 6.42. The number of hydrogen-bond acceptors (Lipinski definition) is 5. The summed E-state index contributed by atoms with van der Waals surface area (Å²) in [5.41, 5.74) is 1.03. The molecule has 1 aromatic rings. The molecule has 0 aliphatic carbocycles. The molecule has 0 spiro atoms. The summed E-state index contributed by atoms with van der Waals surface area (Å²) in [7, 11) is 0. The van der Waals surface area contributed by atoms with Crippen molar-refractivity contribution < 1.29 is 19.1 Å². The summed E-state index contributed by atoms with van der Waals surface area (Å²) in [5, 5.41) is 3.79. The smallest absolute Gasteiger partial charge is 0.290 e. The van der Waals surface area contributed by atoms with E-state index in [2.05, 4.69) is 10.2 Å². The summed E-state index contributed by atoms with van der Waals surface area (Å²) in [4.78, 5) is 40.6. The number of likely N-dealkylation sites (tertiary alicyclic amines) is 1. The Morgan fingerprint density at radius 3 is 2.60 bits per heavy atom. The van der Waals surface area contributed by atoms with Crippen LogP contribution in [0.1, 0.15) is 18.4 Å². The van der Waals surface area contributed by atoms with E-state index in [1.807, 2.05) is 6.07 Å². The van der Waals surface area contributed by atoms with Crippen LogP contribution in [-0.4, -0.2) is 79.9 Å². The number of aryl methyl sites for hydroxylation is 1. The fraction of sp³-hybridized carbons (Fsp3) is 0.571. The number of carbonyl (C=O) groups is 3. The number of Topliss-reactive ketones (excluding diaryl/α,β-unsaturated/α-hetero) is 1. The third kappa shape index (κ3) is 6.17. The average Bonchev–Trinajstić information content (AvgIpc) is 3.03. The lowest BCUT2D eigenvalue weighted by atomic mass is 10.1. The number of rotatable bonds is 9. The molecular formula is C21H27Cl2N3O4. The maximum absolute atomic E-state index is 12.4. The topological polar surface area (TPSA) is 79.0 Å². The average molecular weight is 456 g/mol. The molecule has 1 unspecified atom stereocenters. The summed E-state index contributed by atoms with van der Waals surface area (Å²) in [5.74, 6) is -2.44. The molecule has 1 atom stereocenters. The third-order valence-electron chi connectivity index (χ3n) is 5.47. The quantitative estimate of drug-likeness (QED) is 0.348. The zero-order valence-electron chi connectivity index (χ0n) is 16.9. The van der Waals surface area contributed by atoms with Gasteiger partial charge in [0, 0.05) is 39.3 Å². The third-order valence-corrected chi connectivity index (χ3v) is 6.20. The minimum atomic E-state index is -0.911. The zero-order chi connectivity index (χ0) is 21.5. The van der Waals surface area contributed by atoms with Crippen molar-refractivity contribution in [1.29, 1.82) is 0 Å². The van der Waals surface area contributed by atoms with E-state index >= 15 is 0 Å². The van der Waals surface area contributed by atoms with Crippen molar-refractivity contribution >= 4 is 40.8 Å². The van der Waals surface area contributed by atoms with Crippen LogP contribution in [0, 0.1) is 5.92 Å². The van der Waals surface area contributed by atoms with Gasteiger partial charge in [-0.25, -0.2) is 0 Å². The van der Waals surface area contributed by atoms with Gasteiger partial charge in [-0.3, -0.25) is 19.3 Å². The Hall–Kier alpha value is -1.67. The van der Waals surface area contributed by atoms with Crippen LogP contribution in [0.3, 0.4) is 0 Å². The van der Waals surface area contributed by atoms with Gasteiger partial charge in [0.05, 0.1) is 23.3 Å². The fourth-order valence-electron chi connectivity index (χ4n) is 3.72. The molecule has 2 fully saturated rings. The number of amides is 2. The van der Waals surface area contributed by atoms with E-state index in [1.165, 1.54) is 4.90 Å². The predicted octanol–water partition coefficient (Wildman–Crippen LogP) is 1.79. The first kappa shape index (κ1) is 23.0. The molecule has 2 amide bonds. The van der Waals surface area contributed by atoms with Crippen molar-refractivity contribution in [1.82, 2.24) is 15.1 Å². The normalized spacial score (nSPS) is 20.1. The van der Waals surface area contributed by atoms with Gasteiger partial charge in [0.1, 0.15) is 5.92 Å². The lowest BCUT2D eigenvalue weighted by Gasteiger charge is -2.27. The standard InChI is InChI=1S/C21H27Cl2N3O4/c22-17-5-4-15(13-18(17)23)3-1-6-24-20(28)16-14-26(21(29)19(16)27)8-2-7-25-9-11-30-12-10-25/h4-5,13,16H,1-3,6-12,14H2,(H,24,28). The molecule has 2 aliphatic rings. The van der Waals surface area contributed by atoms with Gasteiger partial charge in [0.15, 0.2) is 0 Å². The number of ketones is 1. The molecule has 30 heavy (non-hydrogen) atoms. The number of carbonyl (C=O) groups excluding carboxylic acids is 3. The minimum Gasteiger partial charge on any atom is -0.379 e. The second-order valence-electron chi connectivity index (χ2n) is 7.62. The van der Waals surface area contributed by atoms with Crippen molar-refractivity contribution in [3.05, 3.63) is 33.8 Å². The minimum absolute atomic E-state index is 0.166. The highest BCUT2D eigenvalue weighted by Crippen LogP contribution is 2.23. The van der Waals surface area contributed by atoms with Crippen molar-refractivity contribution in [2.24, 2.45) is 5.92 Å². The van der Waals surface area contributed by atoms with Gasteiger partial charge >= 0.3 is 0 Å². The molecule has 1 aromatic carbocycles. The maximum atomic E-state index is 12.4. The van der Waals surface area contributed by atoms with E-state index in [0.717, 1.165) is 51.3 Å². The van der Waals surface area contributed by atoms with Crippen LogP contribution in [0.5, 0.6) is 0 Å². The first-order valence-electron chi connectivity index (χ1n) is 10.3. The lowest BCUT2D eigenvalue weighted by Crippen LogP contribution is -2.38. The van der Waals surface area contributed by atoms with Crippen molar-refractivity contribution in [3.63, 3.8) is 0 Å². The first-order chi connectivity index (χ1) is 14.5. The number of ether oxygens (including phenoxy) is 1. The second-order valence-corrected chi connectivity index (χ2v) is 8.43. The first-order valence-corrected chi connectivity index (χ1v) is 11.1. The van der Waals surface area contributed by atoms with Crippen LogP contribution in [0.25, 0.3) is 0 Å². The molecule has 2 saturated heterocycles. The highest BCUT2D eigenvalue weighted by atomic mass is 35.5. The summed E-state index contributed by atoms with van der Waals surface area (Å²) >= 11 is 11.9. The Morgan fingerprint density at radius 2 is 1.87 bits per heavy atom. The van der Waals surface area contributed by atoms with Gasteiger partial charge in [-0.05, 0) is 37.0 Å². The molecule has 0 radical (unpaired) electrons. The molecule has 164 valence electrons. The molecule has 3 rings (SSSR count). The molecule has 0 aromatic heterocycles. The number of nitrogens with one attached hydrogen (secondary N) is 1. The fourth-order valence-corrected chi connectivity index (χ4v) is 4.04. The Bertz CT molecular complexity index is 784. The molecule has 0 bridgehead atoms. The summed E-state index contributed by atoms with van der Waals surface area (Å²) in [6, 6.07) is 5.44. The van der Waals surface area contributed by atoms with E-state index in [4.69, 9.17) is 27.9 Å². The second kappa shape index (κ2) is 11.1. The highest BCUT2D eigenvalue weighted by Gasteiger charge is 2.42. The predicted molar refractivity (Wildman–Crippen MR) is 115 cm³/mol. The monoisotopic (exact) mass is 455 g/mol. The van der Waals surface area contributed by atoms with Crippen molar-refractivity contribution in [2.75, 3.05) is 52.5 Å². The SMILES string of the molecule is O=C(NCCCc1ccc(Cl)c(Cl)c1)C1CN(CCCN2CCOCC2)C(=O)C1=O. The van der Waals surface area contributed by atoms with Gasteiger partial charge in [0.25, 0.3) is 5.91 Å². The Balaban J connectivity index is 1.38. The number of nitrogens with zero attached hydrogens (tertiary/aromatic N) is 2. The van der Waals surface area contributed by atoms with Crippen molar-refractivity contribution in [2.45, 2.75) is 19.3 Å². The van der Waals surface area contributed by atoms with E-state index < -0.39 is 17.6 Å². The molecular weight excluding hydrogens is 429 g/mol. The van der Waals surface area contributed by atoms with Gasteiger partial charge in [0.2, 0.25) is 11.7 Å². The number of hydrogen-bond donors (Lipinski definition) is 1. The Morgan fingerprint density at radius 1 is 1.10 bits per heavy atom. The summed E-state index contributed by atoms with van der Waals surface area (Å²) < 4.78 is 5.32. The van der Waals surface area contributed by atoms with Gasteiger partial charge < -0.3 is 15.0 Å². The van der Waals surface area contributed by atoms with Crippen LogP contribution in [0.15, 0.2) is 18.2 Å². The van der Waals surface area contributed by atoms with Crippen LogP contribution in [-0.2, 0) is 25.5 Å². The van der Waals surface area contributed by atoms with Crippen LogP contribution in [0.4, 0.5) is 0 Å². The van der Waals surface area contributed by atoms with E-state index in [9.17, 15) is 14.4 Å². The number of morpholine rings is 1. The van der Waals surface area contributed by atoms with Crippen LogP contribution >= 0.6 is 23.2 Å². The van der Waals surface area contributed by atoms with Gasteiger partial charge in [-0.15, -0.1) is 0 Å². The molecule has 0 saturated carbocycles. The van der Waals surface area contributed by atoms with Gasteiger partial charge in [-0.1, -0.05) is 29.3 Å². The number of benzene rings is 1. The van der Waals surface area contributed by atoms with Gasteiger partial charge in [-0.2, -0.15) is 0 Å². The van der Waals surface area contributed by atoms with E-state index in [0.29, 0.717) is 29.6 Å². The molecule has 9 heteroatoms. The number of halogens is 2. The molecule has 2 aliphatic heterocycles. The van der Waals surface area contributed by atoms with Crippen molar-refractivity contribution in [3.8, 4) is 0 Å². The molecule has 1 N–H and O–H groups in total. The van der Waals surface area contributed by atoms with E-state index in [-0.39, 0.29) is 12.5 Å². The molecule has 7 nitrogen and oxygen atoms in total. The van der Waals surface area contributed by atoms with Crippen LogP contribution < -0.4 is 5.32 Å². The molecule has 2 heterocycles. The summed E-state index contributed by atoms with van der Waals surface area (Å²) in [6.45, 7) is 5.17. The van der Waals surface area contributed by atoms with E-state index in [1.54, 1.807) is 12.1 Å². The Kier molecular flexibility index (Phi) is 8.50. The largest absolute Gasteiger partial charge is 0.379 e. The zero-order valence-corrected chi connectivity index (χ0v) is 18.4. The maximum Gasteiger partial charge on any atom is 0.290 e.